The summed E-state index contributed by atoms with van der Waals surface area (Å²) in [7, 11) is -3.67. The van der Waals surface area contributed by atoms with Gasteiger partial charge in [-0.25, -0.2) is 0 Å². The highest BCUT2D eigenvalue weighted by Crippen LogP contribution is 1.93. The molecule has 0 bridgehead atoms. The highest BCUT2D eigenvalue weighted by Gasteiger charge is 1.81. The first kappa shape index (κ1) is 18.8. The summed E-state index contributed by atoms with van der Waals surface area (Å²) < 4.78 is 25.9. The number of hydrogen-bond donors (Lipinski definition) is 1. The van der Waals surface area contributed by atoms with Crippen molar-refractivity contribution in [1.82, 2.24) is 0 Å². The second-order valence-electron chi connectivity index (χ2n) is 3.28. The van der Waals surface area contributed by atoms with Crippen LogP contribution in [0.3, 0.4) is 0 Å². The molecule has 3 nitrogen and oxygen atoms in total. The van der Waals surface area contributed by atoms with Gasteiger partial charge in [-0.15, -0.1) is 11.6 Å². The SMILES string of the molecule is CCCCCCl.CS(=O)(=O)O.c1ccccc1. The molecule has 1 N–H and O–H groups in total. The molecule has 17 heavy (non-hydrogen) atoms. The van der Waals surface area contributed by atoms with Gasteiger partial charge in [0.2, 0.25) is 0 Å². The third kappa shape index (κ3) is 39.2. The van der Waals surface area contributed by atoms with E-state index in [-0.39, 0.29) is 0 Å². The molecule has 0 aliphatic carbocycles. The molecule has 0 aromatic heterocycles. The zero-order valence-electron chi connectivity index (χ0n) is 10.3. The van der Waals surface area contributed by atoms with Gasteiger partial charge >= 0.3 is 0 Å². The third-order valence-corrected chi connectivity index (χ3v) is 1.67. The quantitative estimate of drug-likeness (QED) is 0.523. The van der Waals surface area contributed by atoms with Gasteiger partial charge in [0, 0.05) is 5.88 Å². The van der Waals surface area contributed by atoms with E-state index in [4.69, 9.17) is 16.2 Å². The summed E-state index contributed by atoms with van der Waals surface area (Å²) in [5.74, 6) is 0.827. The number of rotatable bonds is 3. The van der Waals surface area contributed by atoms with Gasteiger partial charge in [0.25, 0.3) is 10.1 Å². The Morgan fingerprint density at radius 2 is 1.29 bits per heavy atom. The smallest absolute Gasteiger partial charge is 0.261 e. The molecular weight excluding hydrogens is 260 g/mol. The average Bonchev–Trinajstić information content (AvgIpc) is 2.27. The normalized spacial score (nSPS) is 9.41. The lowest BCUT2D eigenvalue weighted by Crippen LogP contribution is -1.88. The first-order chi connectivity index (χ1) is 7.91. The van der Waals surface area contributed by atoms with E-state index in [0.29, 0.717) is 6.26 Å². The topological polar surface area (TPSA) is 54.4 Å². The molecule has 1 aromatic carbocycles. The second-order valence-corrected chi connectivity index (χ2v) is 5.13. The highest BCUT2D eigenvalue weighted by atomic mass is 35.5. The van der Waals surface area contributed by atoms with Crippen molar-refractivity contribution >= 4 is 21.7 Å². The molecule has 1 aromatic rings. The van der Waals surface area contributed by atoms with Crippen molar-refractivity contribution in [3.8, 4) is 0 Å². The van der Waals surface area contributed by atoms with Crippen molar-refractivity contribution in [1.29, 1.82) is 0 Å². The summed E-state index contributed by atoms with van der Waals surface area (Å²) in [5.41, 5.74) is 0. The molecule has 1 rings (SSSR count). The van der Waals surface area contributed by atoms with E-state index in [1.54, 1.807) is 0 Å². The predicted octanol–water partition coefficient (Wildman–Crippen LogP) is 3.61. The monoisotopic (exact) mass is 280 g/mol. The molecule has 0 saturated carbocycles. The summed E-state index contributed by atoms with van der Waals surface area (Å²) in [6.07, 6.45) is 4.45. The first-order valence-corrected chi connectivity index (χ1v) is 7.78. The van der Waals surface area contributed by atoms with Crippen LogP contribution in [0.5, 0.6) is 0 Å². The zero-order chi connectivity index (χ0) is 13.6. The van der Waals surface area contributed by atoms with Crippen LogP contribution in [0.4, 0.5) is 0 Å². The van der Waals surface area contributed by atoms with E-state index >= 15 is 0 Å². The Balaban J connectivity index is 0. The predicted molar refractivity (Wildman–Crippen MR) is 74.2 cm³/mol. The lowest BCUT2D eigenvalue weighted by molar-refractivity contribution is 0.490. The minimum Gasteiger partial charge on any atom is -0.286 e. The molecule has 0 spiro atoms. The largest absolute Gasteiger partial charge is 0.286 e. The van der Waals surface area contributed by atoms with Crippen LogP contribution in [0.25, 0.3) is 0 Å². The van der Waals surface area contributed by atoms with Crippen LogP contribution in [0.2, 0.25) is 0 Å². The van der Waals surface area contributed by atoms with Crippen LogP contribution in [0.1, 0.15) is 26.2 Å². The van der Waals surface area contributed by atoms with Gasteiger partial charge in [-0.05, 0) is 6.42 Å². The maximum Gasteiger partial charge on any atom is 0.261 e. The van der Waals surface area contributed by atoms with Crippen LogP contribution in [-0.4, -0.2) is 25.1 Å². The van der Waals surface area contributed by atoms with Crippen LogP contribution < -0.4 is 0 Å². The van der Waals surface area contributed by atoms with Gasteiger partial charge < -0.3 is 0 Å². The Hall–Kier alpha value is -0.580. The minimum atomic E-state index is -3.67. The van der Waals surface area contributed by atoms with Crippen molar-refractivity contribution < 1.29 is 13.0 Å². The van der Waals surface area contributed by atoms with Crippen molar-refractivity contribution in [3.05, 3.63) is 36.4 Å². The molecule has 0 amide bonds. The summed E-state index contributed by atoms with van der Waals surface area (Å²) >= 11 is 5.38. The molecule has 0 aliphatic heterocycles. The zero-order valence-corrected chi connectivity index (χ0v) is 11.9. The Kier molecular flexibility index (Phi) is 14.9. The maximum atomic E-state index is 9.19. The molecular formula is C12H21ClO3S. The molecule has 5 heteroatoms. The maximum absolute atomic E-state index is 9.19. The highest BCUT2D eigenvalue weighted by molar-refractivity contribution is 7.85. The number of alkyl halides is 1. The number of hydrogen-bond acceptors (Lipinski definition) is 2. The van der Waals surface area contributed by atoms with Crippen molar-refractivity contribution in [2.75, 3.05) is 12.1 Å². The van der Waals surface area contributed by atoms with Crippen LogP contribution >= 0.6 is 11.6 Å². The van der Waals surface area contributed by atoms with Crippen LogP contribution in [0.15, 0.2) is 36.4 Å². The van der Waals surface area contributed by atoms with Gasteiger partial charge in [0.05, 0.1) is 6.26 Å². The van der Waals surface area contributed by atoms with Gasteiger partial charge in [0.15, 0.2) is 0 Å². The summed E-state index contributed by atoms with van der Waals surface area (Å²) in [6.45, 7) is 2.17. The molecule has 100 valence electrons. The summed E-state index contributed by atoms with van der Waals surface area (Å²) in [4.78, 5) is 0. The fraction of sp³-hybridized carbons (Fsp3) is 0.500. The molecule has 0 unspecified atom stereocenters. The van der Waals surface area contributed by atoms with Gasteiger partial charge in [-0.2, -0.15) is 8.42 Å². The summed E-state index contributed by atoms with van der Waals surface area (Å²) in [6, 6.07) is 12.0. The van der Waals surface area contributed by atoms with Gasteiger partial charge in [-0.1, -0.05) is 56.2 Å². The van der Waals surface area contributed by atoms with E-state index in [2.05, 4.69) is 6.92 Å². The summed E-state index contributed by atoms with van der Waals surface area (Å²) in [5, 5.41) is 0. The van der Waals surface area contributed by atoms with E-state index in [9.17, 15) is 8.42 Å². The Morgan fingerprint density at radius 3 is 1.41 bits per heavy atom. The lowest BCUT2D eigenvalue weighted by atomic mass is 10.3. The molecule has 0 aliphatic rings. The second kappa shape index (κ2) is 13.5. The Labute approximate surface area is 110 Å². The third-order valence-electron chi connectivity index (χ3n) is 1.40. The lowest BCUT2D eigenvalue weighted by Gasteiger charge is -1.84. The molecule has 0 atom stereocenters. The molecule has 0 heterocycles. The van der Waals surface area contributed by atoms with Crippen LogP contribution in [-0.2, 0) is 10.1 Å². The van der Waals surface area contributed by atoms with Gasteiger partial charge in [0.1, 0.15) is 0 Å². The van der Waals surface area contributed by atoms with E-state index in [0.717, 1.165) is 5.88 Å². The average molecular weight is 281 g/mol. The van der Waals surface area contributed by atoms with Crippen molar-refractivity contribution in [2.24, 2.45) is 0 Å². The van der Waals surface area contributed by atoms with E-state index in [1.165, 1.54) is 19.3 Å². The van der Waals surface area contributed by atoms with Crippen LogP contribution in [0, 0.1) is 0 Å². The van der Waals surface area contributed by atoms with E-state index < -0.39 is 10.1 Å². The number of benzene rings is 1. The fourth-order valence-electron chi connectivity index (χ4n) is 0.729. The van der Waals surface area contributed by atoms with E-state index in [1.807, 2.05) is 36.4 Å². The Bertz CT molecular complexity index is 286. The molecule has 0 saturated heterocycles. The standard InChI is InChI=1S/C6H6.C5H11Cl.CH4O3S/c1-2-4-6-5-3-1;1-2-3-4-5-6;1-5(2,3)4/h1-6H;2-5H2,1H3;1H3,(H,2,3,4). The first-order valence-electron chi connectivity index (χ1n) is 5.40. The number of unbranched alkanes of at least 4 members (excludes halogenated alkanes) is 2. The number of halogens is 1. The molecule has 0 radical (unpaired) electrons. The minimum absolute atomic E-state index is 0.715. The van der Waals surface area contributed by atoms with Crippen molar-refractivity contribution in [2.45, 2.75) is 26.2 Å². The Morgan fingerprint density at radius 1 is 1.00 bits per heavy atom. The molecule has 0 fully saturated rings. The van der Waals surface area contributed by atoms with Crippen molar-refractivity contribution in [3.63, 3.8) is 0 Å². The van der Waals surface area contributed by atoms with Gasteiger partial charge in [-0.3, -0.25) is 4.55 Å². The fourth-order valence-corrected chi connectivity index (χ4v) is 0.918.